The molecule has 3 aromatic rings. The number of hydrogen-bond donors (Lipinski definition) is 1. The van der Waals surface area contributed by atoms with Crippen molar-refractivity contribution in [2.24, 2.45) is 0 Å². The molecule has 0 fully saturated rings. The fourth-order valence-corrected chi connectivity index (χ4v) is 2.56. The fourth-order valence-electron chi connectivity index (χ4n) is 2.56. The van der Waals surface area contributed by atoms with Crippen LogP contribution in [-0.4, -0.2) is 27.8 Å². The summed E-state index contributed by atoms with van der Waals surface area (Å²) in [7, 11) is 1.52. The van der Waals surface area contributed by atoms with Gasteiger partial charge in [0.05, 0.1) is 0 Å². The first kappa shape index (κ1) is 16.9. The van der Waals surface area contributed by atoms with Crippen LogP contribution in [0.25, 0.3) is 0 Å². The van der Waals surface area contributed by atoms with E-state index < -0.39 is 6.10 Å². The summed E-state index contributed by atoms with van der Waals surface area (Å²) < 4.78 is 7.14. The Bertz CT molecular complexity index is 803. The second-order valence-electron chi connectivity index (χ2n) is 5.59. The molecule has 0 saturated carbocycles. The number of carbonyl (C=O) groups is 1. The average molecular weight is 336 g/mol. The molecule has 0 aliphatic carbocycles. The molecule has 1 N–H and O–H groups in total. The van der Waals surface area contributed by atoms with Crippen molar-refractivity contribution >= 4 is 11.7 Å². The quantitative estimate of drug-likeness (QED) is 0.720. The standard InChI is InChI=1S/C19H20N4O2/c1-25-18(16-5-3-2-4-6-16)19(24)21-17-10-14-23(22-17)13-9-15-7-11-20-12-8-15/h2-8,10-12,14,18H,9,13H2,1H3,(H,21,22,24). The topological polar surface area (TPSA) is 69.0 Å². The lowest BCUT2D eigenvalue weighted by Gasteiger charge is -2.14. The molecule has 25 heavy (non-hydrogen) atoms. The van der Waals surface area contributed by atoms with Crippen molar-refractivity contribution in [2.75, 3.05) is 12.4 Å². The Labute approximate surface area is 146 Å². The molecule has 0 aliphatic rings. The SMILES string of the molecule is COC(C(=O)Nc1ccn(CCc2ccncc2)n1)c1ccccc1. The molecule has 6 heteroatoms. The summed E-state index contributed by atoms with van der Waals surface area (Å²) >= 11 is 0. The highest BCUT2D eigenvalue weighted by molar-refractivity contribution is 5.94. The Morgan fingerprint density at radius 1 is 1.16 bits per heavy atom. The number of anilines is 1. The van der Waals surface area contributed by atoms with Gasteiger partial charge in [0, 0.05) is 38.3 Å². The van der Waals surface area contributed by atoms with Crippen LogP contribution in [-0.2, 0) is 22.5 Å². The highest BCUT2D eigenvalue weighted by Crippen LogP contribution is 2.18. The number of nitrogens with zero attached hydrogens (tertiary/aromatic N) is 3. The van der Waals surface area contributed by atoms with Crippen LogP contribution in [0.4, 0.5) is 5.82 Å². The number of rotatable bonds is 7. The highest BCUT2D eigenvalue weighted by atomic mass is 16.5. The Kier molecular flexibility index (Phi) is 5.53. The summed E-state index contributed by atoms with van der Waals surface area (Å²) in [5.41, 5.74) is 2.00. The van der Waals surface area contributed by atoms with Gasteiger partial charge < -0.3 is 10.1 Å². The van der Waals surface area contributed by atoms with Crippen molar-refractivity contribution in [3.8, 4) is 0 Å². The first-order chi connectivity index (χ1) is 12.3. The number of amides is 1. The van der Waals surface area contributed by atoms with E-state index in [2.05, 4.69) is 15.4 Å². The van der Waals surface area contributed by atoms with Gasteiger partial charge in [0.2, 0.25) is 0 Å². The van der Waals surface area contributed by atoms with Gasteiger partial charge in [0.1, 0.15) is 0 Å². The third kappa shape index (κ3) is 4.51. The number of benzene rings is 1. The Balaban J connectivity index is 1.59. The molecule has 0 saturated heterocycles. The third-order valence-corrected chi connectivity index (χ3v) is 3.85. The van der Waals surface area contributed by atoms with Crippen LogP contribution < -0.4 is 5.32 Å². The molecule has 1 unspecified atom stereocenters. The number of carbonyl (C=O) groups excluding carboxylic acids is 1. The lowest BCUT2D eigenvalue weighted by molar-refractivity contribution is -0.126. The van der Waals surface area contributed by atoms with E-state index >= 15 is 0 Å². The Hall–Kier alpha value is -2.99. The van der Waals surface area contributed by atoms with Gasteiger partial charge in [-0.3, -0.25) is 14.5 Å². The molecule has 2 heterocycles. The predicted octanol–water partition coefficient (Wildman–Crippen LogP) is 2.85. The van der Waals surface area contributed by atoms with Gasteiger partial charge in [-0.15, -0.1) is 0 Å². The third-order valence-electron chi connectivity index (χ3n) is 3.85. The molecular weight excluding hydrogens is 316 g/mol. The van der Waals surface area contributed by atoms with Crippen LogP contribution in [0, 0.1) is 0 Å². The largest absolute Gasteiger partial charge is 0.367 e. The highest BCUT2D eigenvalue weighted by Gasteiger charge is 2.20. The number of aryl methyl sites for hydroxylation is 2. The van der Waals surface area contributed by atoms with Gasteiger partial charge in [-0.25, -0.2) is 0 Å². The fraction of sp³-hybridized carbons (Fsp3) is 0.211. The van der Waals surface area contributed by atoms with E-state index in [1.165, 1.54) is 12.7 Å². The molecule has 128 valence electrons. The predicted molar refractivity (Wildman–Crippen MR) is 95.0 cm³/mol. The smallest absolute Gasteiger partial charge is 0.259 e. The molecule has 0 bridgehead atoms. The zero-order chi connectivity index (χ0) is 17.5. The van der Waals surface area contributed by atoms with Gasteiger partial charge in [0.15, 0.2) is 11.9 Å². The number of aromatic nitrogens is 3. The molecule has 2 aromatic heterocycles. The molecule has 0 aliphatic heterocycles. The van der Waals surface area contributed by atoms with E-state index in [1.54, 1.807) is 23.1 Å². The van der Waals surface area contributed by atoms with Crippen LogP contribution in [0.2, 0.25) is 0 Å². The monoisotopic (exact) mass is 336 g/mol. The normalized spacial score (nSPS) is 11.9. The van der Waals surface area contributed by atoms with Gasteiger partial charge in [-0.1, -0.05) is 30.3 Å². The summed E-state index contributed by atoms with van der Waals surface area (Å²) in [6.07, 6.45) is 5.59. The maximum absolute atomic E-state index is 12.4. The zero-order valence-electron chi connectivity index (χ0n) is 14.0. The maximum atomic E-state index is 12.4. The molecule has 3 rings (SSSR count). The lowest BCUT2D eigenvalue weighted by atomic mass is 10.1. The zero-order valence-corrected chi connectivity index (χ0v) is 14.0. The average Bonchev–Trinajstić information content (AvgIpc) is 3.10. The van der Waals surface area contributed by atoms with E-state index in [0.717, 1.165) is 18.5 Å². The summed E-state index contributed by atoms with van der Waals surface area (Å²) in [5, 5.41) is 7.19. The maximum Gasteiger partial charge on any atom is 0.259 e. The molecule has 6 nitrogen and oxygen atoms in total. The van der Waals surface area contributed by atoms with Crippen LogP contribution in [0.3, 0.4) is 0 Å². The van der Waals surface area contributed by atoms with Crippen molar-refractivity contribution in [1.82, 2.24) is 14.8 Å². The first-order valence-electron chi connectivity index (χ1n) is 8.07. The van der Waals surface area contributed by atoms with Crippen molar-refractivity contribution in [2.45, 2.75) is 19.1 Å². The van der Waals surface area contributed by atoms with Crippen LogP contribution >= 0.6 is 0 Å². The van der Waals surface area contributed by atoms with Gasteiger partial charge in [-0.05, 0) is 29.7 Å². The van der Waals surface area contributed by atoms with Crippen molar-refractivity contribution in [3.05, 3.63) is 78.2 Å². The lowest BCUT2D eigenvalue weighted by Crippen LogP contribution is -2.23. The van der Waals surface area contributed by atoms with Crippen molar-refractivity contribution in [1.29, 1.82) is 0 Å². The second kappa shape index (κ2) is 8.21. The van der Waals surface area contributed by atoms with E-state index in [9.17, 15) is 4.79 Å². The summed E-state index contributed by atoms with van der Waals surface area (Å²) in [6.45, 7) is 0.728. The summed E-state index contributed by atoms with van der Waals surface area (Å²) in [5.74, 6) is 0.269. The Morgan fingerprint density at radius 2 is 1.92 bits per heavy atom. The molecule has 1 atom stereocenters. The number of nitrogens with one attached hydrogen (secondary N) is 1. The molecular formula is C19H20N4O2. The number of ether oxygens (including phenoxy) is 1. The second-order valence-corrected chi connectivity index (χ2v) is 5.59. The number of hydrogen-bond acceptors (Lipinski definition) is 4. The summed E-state index contributed by atoms with van der Waals surface area (Å²) in [4.78, 5) is 16.4. The van der Waals surface area contributed by atoms with Crippen molar-refractivity contribution in [3.63, 3.8) is 0 Å². The first-order valence-corrected chi connectivity index (χ1v) is 8.07. The minimum Gasteiger partial charge on any atom is -0.367 e. The van der Waals surface area contributed by atoms with E-state index in [1.807, 2.05) is 48.7 Å². The molecule has 0 radical (unpaired) electrons. The molecule has 0 spiro atoms. The number of pyridine rings is 1. The molecule has 1 amide bonds. The van der Waals surface area contributed by atoms with Gasteiger partial charge in [-0.2, -0.15) is 5.10 Å². The van der Waals surface area contributed by atoms with Crippen LogP contribution in [0.1, 0.15) is 17.2 Å². The van der Waals surface area contributed by atoms with E-state index in [0.29, 0.717) is 5.82 Å². The van der Waals surface area contributed by atoms with E-state index in [-0.39, 0.29) is 5.91 Å². The number of methoxy groups -OCH3 is 1. The Morgan fingerprint density at radius 3 is 2.64 bits per heavy atom. The van der Waals surface area contributed by atoms with Gasteiger partial charge in [0.25, 0.3) is 5.91 Å². The van der Waals surface area contributed by atoms with Crippen molar-refractivity contribution < 1.29 is 9.53 Å². The van der Waals surface area contributed by atoms with E-state index in [4.69, 9.17) is 4.74 Å². The minimum atomic E-state index is -0.664. The van der Waals surface area contributed by atoms with Gasteiger partial charge >= 0.3 is 0 Å². The summed E-state index contributed by atoms with van der Waals surface area (Å²) in [6, 6.07) is 15.1. The minimum absolute atomic E-state index is 0.243. The van der Waals surface area contributed by atoms with Crippen LogP contribution in [0.15, 0.2) is 67.1 Å². The van der Waals surface area contributed by atoms with Crippen LogP contribution in [0.5, 0.6) is 0 Å². The molecule has 1 aromatic carbocycles.